The zero-order valence-electron chi connectivity index (χ0n) is 12.9. The monoisotopic (exact) mass is 264 g/mol. The number of nitrogens with one attached hydrogen (secondary N) is 1. The molecule has 2 nitrogen and oxygen atoms in total. The molecular weight excluding hydrogens is 232 g/mol. The molecule has 4 unspecified atom stereocenters. The summed E-state index contributed by atoms with van der Waals surface area (Å²) >= 11 is 0. The summed E-state index contributed by atoms with van der Waals surface area (Å²) in [4.78, 5) is 2.98. The van der Waals surface area contributed by atoms with E-state index < -0.39 is 0 Å². The Bertz CT molecular complexity index is 277. The van der Waals surface area contributed by atoms with Crippen molar-refractivity contribution >= 4 is 0 Å². The molecule has 2 heteroatoms. The maximum atomic E-state index is 3.70. The summed E-state index contributed by atoms with van der Waals surface area (Å²) in [5, 5.41) is 3.70. The van der Waals surface area contributed by atoms with Crippen molar-refractivity contribution in [3.63, 3.8) is 0 Å². The van der Waals surface area contributed by atoms with E-state index in [-0.39, 0.29) is 0 Å². The van der Waals surface area contributed by atoms with Gasteiger partial charge in [-0.3, -0.25) is 4.90 Å². The first-order valence-corrected chi connectivity index (χ1v) is 8.82. The summed E-state index contributed by atoms with van der Waals surface area (Å²) in [5.41, 5.74) is 0. The zero-order chi connectivity index (χ0) is 13.2. The highest BCUT2D eigenvalue weighted by molar-refractivity contribution is 5.00. The smallest absolute Gasteiger partial charge is 0.0116 e. The molecule has 1 aliphatic carbocycles. The van der Waals surface area contributed by atoms with Crippen LogP contribution < -0.4 is 5.32 Å². The van der Waals surface area contributed by atoms with Crippen LogP contribution in [0, 0.1) is 5.92 Å². The predicted molar refractivity (Wildman–Crippen MR) is 81.4 cm³/mol. The molecular formula is C17H32N2. The second kappa shape index (κ2) is 6.13. The molecule has 1 N–H and O–H groups in total. The average molecular weight is 264 g/mol. The molecule has 2 aliphatic heterocycles. The highest BCUT2D eigenvalue weighted by Crippen LogP contribution is 2.41. The van der Waals surface area contributed by atoms with Crippen LogP contribution in [-0.2, 0) is 0 Å². The lowest BCUT2D eigenvalue weighted by Crippen LogP contribution is -2.54. The molecule has 3 rings (SSSR count). The Morgan fingerprint density at radius 2 is 1.58 bits per heavy atom. The van der Waals surface area contributed by atoms with Crippen LogP contribution >= 0.6 is 0 Å². The number of nitrogens with zero attached hydrogens (tertiary/aromatic N) is 1. The number of fused-ring (bicyclic) bond motifs is 2. The summed E-state index contributed by atoms with van der Waals surface area (Å²) in [6.07, 6.45) is 13.1. The molecule has 3 fully saturated rings. The fourth-order valence-electron chi connectivity index (χ4n) is 5.17. The summed E-state index contributed by atoms with van der Waals surface area (Å²) in [6.45, 7) is 5.78. The van der Waals surface area contributed by atoms with Gasteiger partial charge in [-0.15, -0.1) is 0 Å². The highest BCUT2D eigenvalue weighted by Gasteiger charge is 2.44. The summed E-state index contributed by atoms with van der Waals surface area (Å²) in [6, 6.07) is 3.55. The Morgan fingerprint density at radius 1 is 0.895 bits per heavy atom. The first kappa shape index (κ1) is 13.9. The average Bonchev–Trinajstić information content (AvgIpc) is 2.71. The fraction of sp³-hybridized carbons (Fsp3) is 1.00. The molecule has 1 saturated carbocycles. The van der Waals surface area contributed by atoms with Gasteiger partial charge in [0.25, 0.3) is 0 Å². The molecule has 19 heavy (non-hydrogen) atoms. The largest absolute Gasteiger partial charge is 0.314 e. The van der Waals surface area contributed by atoms with Crippen molar-refractivity contribution in [3.8, 4) is 0 Å². The highest BCUT2D eigenvalue weighted by atomic mass is 15.3. The Hall–Kier alpha value is -0.0800. The van der Waals surface area contributed by atoms with E-state index in [9.17, 15) is 0 Å². The van der Waals surface area contributed by atoms with Gasteiger partial charge in [-0.2, -0.15) is 0 Å². The molecule has 3 aliphatic rings. The van der Waals surface area contributed by atoms with Crippen LogP contribution in [0.4, 0.5) is 0 Å². The van der Waals surface area contributed by atoms with Crippen molar-refractivity contribution < 1.29 is 0 Å². The van der Waals surface area contributed by atoms with Crippen LogP contribution in [0.5, 0.6) is 0 Å². The lowest BCUT2D eigenvalue weighted by atomic mass is 9.81. The van der Waals surface area contributed by atoms with Gasteiger partial charge in [0.2, 0.25) is 0 Å². The van der Waals surface area contributed by atoms with E-state index in [0.717, 1.165) is 36.6 Å². The van der Waals surface area contributed by atoms with Crippen LogP contribution in [0.3, 0.4) is 0 Å². The van der Waals surface area contributed by atoms with E-state index in [1.165, 1.54) is 57.8 Å². The van der Waals surface area contributed by atoms with E-state index in [0.29, 0.717) is 0 Å². The quantitative estimate of drug-likeness (QED) is 0.835. The molecule has 0 spiro atoms. The molecule has 0 aromatic rings. The summed E-state index contributed by atoms with van der Waals surface area (Å²) < 4.78 is 0. The van der Waals surface area contributed by atoms with Crippen LogP contribution in [-0.4, -0.2) is 35.6 Å². The van der Waals surface area contributed by atoms with Crippen LogP contribution in [0.25, 0.3) is 0 Å². The molecule has 0 amide bonds. The lowest BCUT2D eigenvalue weighted by Gasteiger charge is -2.46. The zero-order valence-corrected chi connectivity index (χ0v) is 12.9. The Balaban J connectivity index is 1.63. The third-order valence-electron chi connectivity index (χ3n) is 6.04. The maximum absolute atomic E-state index is 3.70. The van der Waals surface area contributed by atoms with Crippen molar-refractivity contribution in [3.05, 3.63) is 0 Å². The minimum atomic E-state index is 0.810. The lowest BCUT2D eigenvalue weighted by molar-refractivity contribution is 0.0392. The third-order valence-corrected chi connectivity index (χ3v) is 6.04. The predicted octanol–water partition coefficient (Wildman–Crippen LogP) is 3.56. The molecule has 2 heterocycles. The van der Waals surface area contributed by atoms with Gasteiger partial charge in [-0.1, -0.05) is 33.1 Å². The normalized spacial score (nSPS) is 43.6. The van der Waals surface area contributed by atoms with Crippen molar-refractivity contribution in [2.75, 3.05) is 6.54 Å². The Kier molecular flexibility index (Phi) is 4.48. The summed E-state index contributed by atoms with van der Waals surface area (Å²) in [7, 11) is 0. The van der Waals surface area contributed by atoms with Gasteiger partial charge in [0.05, 0.1) is 0 Å². The second-order valence-corrected chi connectivity index (χ2v) is 7.15. The minimum Gasteiger partial charge on any atom is -0.314 e. The molecule has 0 aromatic heterocycles. The van der Waals surface area contributed by atoms with E-state index in [4.69, 9.17) is 0 Å². The van der Waals surface area contributed by atoms with Gasteiger partial charge in [0.1, 0.15) is 0 Å². The topological polar surface area (TPSA) is 15.3 Å². The van der Waals surface area contributed by atoms with E-state index in [1.54, 1.807) is 0 Å². The Morgan fingerprint density at radius 3 is 2.21 bits per heavy atom. The molecule has 0 aromatic carbocycles. The van der Waals surface area contributed by atoms with Crippen LogP contribution in [0.1, 0.15) is 71.6 Å². The summed E-state index contributed by atoms with van der Waals surface area (Å²) in [5.74, 6) is 1.02. The van der Waals surface area contributed by atoms with E-state index >= 15 is 0 Å². The van der Waals surface area contributed by atoms with Gasteiger partial charge >= 0.3 is 0 Å². The second-order valence-electron chi connectivity index (χ2n) is 7.15. The van der Waals surface area contributed by atoms with Crippen molar-refractivity contribution in [2.45, 2.75) is 95.8 Å². The van der Waals surface area contributed by atoms with Gasteiger partial charge in [-0.25, -0.2) is 0 Å². The Labute approximate surface area is 119 Å². The first-order valence-electron chi connectivity index (χ1n) is 8.82. The molecule has 0 radical (unpaired) electrons. The van der Waals surface area contributed by atoms with Crippen molar-refractivity contribution in [1.29, 1.82) is 0 Å². The third kappa shape index (κ3) is 2.85. The van der Waals surface area contributed by atoms with Gasteiger partial charge in [0, 0.05) is 24.2 Å². The first-order chi connectivity index (χ1) is 9.31. The fourth-order valence-corrected chi connectivity index (χ4v) is 5.17. The molecule has 2 saturated heterocycles. The number of piperidine rings is 1. The van der Waals surface area contributed by atoms with Crippen molar-refractivity contribution in [2.24, 2.45) is 5.92 Å². The molecule has 110 valence electrons. The van der Waals surface area contributed by atoms with Gasteiger partial charge in [-0.05, 0) is 51.0 Å². The maximum Gasteiger partial charge on any atom is 0.0116 e. The minimum absolute atomic E-state index is 0.810. The SMILES string of the molecule is CCNC1CC2CCC(C1)N2C1CCCC(CC)C1. The van der Waals surface area contributed by atoms with Gasteiger partial charge < -0.3 is 5.32 Å². The molecule has 4 atom stereocenters. The number of rotatable bonds is 4. The van der Waals surface area contributed by atoms with E-state index in [1.807, 2.05) is 0 Å². The van der Waals surface area contributed by atoms with E-state index in [2.05, 4.69) is 24.1 Å². The van der Waals surface area contributed by atoms with Crippen LogP contribution in [0.15, 0.2) is 0 Å². The van der Waals surface area contributed by atoms with Crippen LogP contribution in [0.2, 0.25) is 0 Å². The van der Waals surface area contributed by atoms with Crippen molar-refractivity contribution in [1.82, 2.24) is 10.2 Å². The standard InChI is InChI=1S/C17H32N2/c1-3-13-6-5-7-15(10-13)19-16-8-9-17(19)12-14(11-16)18-4-2/h13-18H,3-12H2,1-2H3. The number of hydrogen-bond donors (Lipinski definition) is 1. The number of hydrogen-bond acceptors (Lipinski definition) is 2. The van der Waals surface area contributed by atoms with Gasteiger partial charge in [0.15, 0.2) is 0 Å². The molecule has 2 bridgehead atoms.